The summed E-state index contributed by atoms with van der Waals surface area (Å²) in [4.78, 5) is 36.2. The maximum atomic E-state index is 14.1. The number of aromatic nitrogens is 2. The van der Waals surface area contributed by atoms with E-state index in [0.29, 0.717) is 16.9 Å². The van der Waals surface area contributed by atoms with Gasteiger partial charge in [0.25, 0.3) is 5.91 Å². The molecule has 0 fully saturated rings. The van der Waals surface area contributed by atoms with E-state index >= 15 is 0 Å². The van der Waals surface area contributed by atoms with E-state index in [9.17, 15) is 18.8 Å². The molecule has 7 heteroatoms. The molecule has 6 nitrogen and oxygen atoms in total. The molecule has 0 aliphatic carbocycles. The van der Waals surface area contributed by atoms with Crippen LogP contribution in [0.3, 0.4) is 0 Å². The lowest BCUT2D eigenvalue weighted by Crippen LogP contribution is -2.27. The predicted octanol–water partition coefficient (Wildman–Crippen LogP) is 3.13. The minimum absolute atomic E-state index is 0.127. The van der Waals surface area contributed by atoms with Gasteiger partial charge in [0.15, 0.2) is 11.5 Å². The lowest BCUT2D eigenvalue weighted by atomic mass is 10.1. The Kier molecular flexibility index (Phi) is 4.94. The normalized spacial score (nSPS) is 10.5. The van der Waals surface area contributed by atoms with E-state index in [1.807, 2.05) is 0 Å². The van der Waals surface area contributed by atoms with Crippen molar-refractivity contribution in [2.24, 2.45) is 0 Å². The van der Waals surface area contributed by atoms with Gasteiger partial charge in [-0.2, -0.15) is 5.10 Å². The highest BCUT2D eigenvalue weighted by atomic mass is 19.1. The second-order valence-electron chi connectivity index (χ2n) is 5.95. The number of nitrogens with zero attached hydrogens (tertiary/aromatic N) is 2. The van der Waals surface area contributed by atoms with Crippen LogP contribution in [0.4, 0.5) is 10.1 Å². The summed E-state index contributed by atoms with van der Waals surface area (Å²) < 4.78 is 15.3. The van der Waals surface area contributed by atoms with Crippen LogP contribution in [-0.4, -0.2) is 21.5 Å². The number of para-hydroxylation sites is 1. The van der Waals surface area contributed by atoms with Gasteiger partial charge < -0.3 is 5.32 Å². The van der Waals surface area contributed by atoms with E-state index in [4.69, 9.17) is 0 Å². The zero-order valence-electron chi connectivity index (χ0n) is 14.7. The molecule has 0 saturated heterocycles. The molecule has 0 radical (unpaired) electrons. The van der Waals surface area contributed by atoms with Gasteiger partial charge in [0, 0.05) is 23.0 Å². The van der Waals surface area contributed by atoms with E-state index in [-0.39, 0.29) is 17.2 Å². The quantitative estimate of drug-likeness (QED) is 0.720. The Labute approximate surface area is 154 Å². The third-order valence-electron chi connectivity index (χ3n) is 3.93. The highest BCUT2D eigenvalue weighted by molar-refractivity contribution is 6.03. The van der Waals surface area contributed by atoms with Crippen molar-refractivity contribution in [1.29, 1.82) is 0 Å². The number of amides is 1. The van der Waals surface area contributed by atoms with Crippen LogP contribution >= 0.6 is 0 Å². The number of carbonyl (C=O) groups excluding carboxylic acids is 2. The number of anilines is 1. The van der Waals surface area contributed by atoms with Gasteiger partial charge >= 0.3 is 0 Å². The van der Waals surface area contributed by atoms with Crippen LogP contribution in [0, 0.1) is 12.7 Å². The summed E-state index contributed by atoms with van der Waals surface area (Å²) in [5.41, 5.74) is 0.334. The van der Waals surface area contributed by atoms with Crippen molar-refractivity contribution in [1.82, 2.24) is 9.78 Å². The second-order valence-corrected chi connectivity index (χ2v) is 5.95. The first-order valence-corrected chi connectivity index (χ1v) is 8.15. The molecule has 1 N–H and O–H groups in total. The van der Waals surface area contributed by atoms with Crippen molar-refractivity contribution in [3.05, 3.63) is 87.6 Å². The smallest absolute Gasteiger partial charge is 0.280 e. The number of nitrogens with one attached hydrogen (secondary N) is 1. The number of benzene rings is 2. The van der Waals surface area contributed by atoms with Crippen molar-refractivity contribution in [3.63, 3.8) is 0 Å². The molecule has 27 heavy (non-hydrogen) atoms. The van der Waals surface area contributed by atoms with Gasteiger partial charge in [-0.25, -0.2) is 9.07 Å². The Morgan fingerprint density at radius 1 is 1.07 bits per heavy atom. The average Bonchev–Trinajstić information content (AvgIpc) is 2.63. The Balaban J connectivity index is 1.99. The number of hydrogen-bond donors (Lipinski definition) is 1. The van der Waals surface area contributed by atoms with E-state index in [1.165, 1.54) is 41.9 Å². The van der Waals surface area contributed by atoms with Crippen LogP contribution in [0.2, 0.25) is 0 Å². The first kappa shape index (κ1) is 18.2. The lowest BCUT2D eigenvalue weighted by molar-refractivity contribution is 0.100. The van der Waals surface area contributed by atoms with Gasteiger partial charge in [0.2, 0.25) is 5.43 Å². The zero-order valence-corrected chi connectivity index (χ0v) is 14.7. The van der Waals surface area contributed by atoms with Crippen LogP contribution in [0.25, 0.3) is 5.69 Å². The molecule has 1 heterocycles. The van der Waals surface area contributed by atoms with Crippen LogP contribution in [0.15, 0.2) is 59.4 Å². The molecule has 0 spiro atoms. The molecule has 0 bridgehead atoms. The Morgan fingerprint density at radius 2 is 1.81 bits per heavy atom. The summed E-state index contributed by atoms with van der Waals surface area (Å²) in [5.74, 6) is -1.43. The van der Waals surface area contributed by atoms with E-state index < -0.39 is 17.2 Å². The molecule has 0 aliphatic rings. The van der Waals surface area contributed by atoms with E-state index in [2.05, 4.69) is 10.4 Å². The largest absolute Gasteiger partial charge is 0.320 e. The molecule has 1 aromatic heterocycles. The van der Waals surface area contributed by atoms with Crippen molar-refractivity contribution < 1.29 is 14.0 Å². The number of Topliss-reactive ketones (excluding diaryl/α,β-unsaturated/α-hetero) is 1. The fraction of sp³-hybridized carbons (Fsp3) is 0.100. The number of aryl methyl sites for hydroxylation is 1. The van der Waals surface area contributed by atoms with Crippen molar-refractivity contribution in [2.45, 2.75) is 13.8 Å². The lowest BCUT2D eigenvalue weighted by Gasteiger charge is -2.12. The van der Waals surface area contributed by atoms with Crippen LogP contribution in [0.1, 0.15) is 33.5 Å². The molecule has 0 unspecified atom stereocenters. The molecular formula is C20H16FN3O3. The van der Waals surface area contributed by atoms with Crippen LogP contribution < -0.4 is 10.7 Å². The third-order valence-corrected chi connectivity index (χ3v) is 3.93. The van der Waals surface area contributed by atoms with Crippen molar-refractivity contribution in [3.8, 4) is 5.69 Å². The van der Waals surface area contributed by atoms with Crippen molar-refractivity contribution in [2.75, 3.05) is 5.32 Å². The molecule has 136 valence electrons. The summed E-state index contributed by atoms with van der Waals surface area (Å²) in [6.45, 7) is 3.01. The first-order chi connectivity index (χ1) is 12.9. The van der Waals surface area contributed by atoms with Crippen molar-refractivity contribution >= 4 is 17.4 Å². The fourth-order valence-corrected chi connectivity index (χ4v) is 2.58. The molecular weight excluding hydrogens is 349 g/mol. The minimum Gasteiger partial charge on any atom is -0.320 e. The number of hydrogen-bond acceptors (Lipinski definition) is 4. The Bertz CT molecular complexity index is 1110. The zero-order chi connectivity index (χ0) is 19.6. The highest BCUT2D eigenvalue weighted by Gasteiger charge is 2.17. The molecule has 1 amide bonds. The van der Waals surface area contributed by atoms with E-state index in [0.717, 1.165) is 0 Å². The third kappa shape index (κ3) is 3.82. The highest BCUT2D eigenvalue weighted by Crippen LogP contribution is 2.14. The maximum Gasteiger partial charge on any atom is 0.280 e. The van der Waals surface area contributed by atoms with Crippen LogP contribution in [0.5, 0.6) is 0 Å². The second kappa shape index (κ2) is 7.33. The topological polar surface area (TPSA) is 81.1 Å². The number of ketones is 1. The predicted molar refractivity (Wildman–Crippen MR) is 98.9 cm³/mol. The van der Waals surface area contributed by atoms with Gasteiger partial charge in [-0.15, -0.1) is 0 Å². The standard InChI is InChI=1S/C20H16FN3O3/c1-12-10-18(26)19(23-24(12)17-9-4-3-8-16(17)21)20(27)22-15-7-5-6-14(11-15)13(2)25/h3-11H,1-2H3,(H,22,27). The van der Waals surface area contributed by atoms with Gasteiger partial charge in [-0.3, -0.25) is 14.4 Å². The number of carbonyl (C=O) groups is 2. The first-order valence-electron chi connectivity index (χ1n) is 8.15. The SMILES string of the molecule is CC(=O)c1cccc(NC(=O)c2nn(-c3ccccc3F)c(C)cc2=O)c1. The molecule has 0 atom stereocenters. The minimum atomic E-state index is -0.745. The summed E-state index contributed by atoms with van der Waals surface area (Å²) in [6.07, 6.45) is 0. The van der Waals surface area contributed by atoms with E-state index in [1.54, 1.807) is 31.2 Å². The Morgan fingerprint density at radius 3 is 2.52 bits per heavy atom. The number of rotatable bonds is 4. The summed E-state index contributed by atoms with van der Waals surface area (Å²) >= 11 is 0. The molecule has 0 saturated carbocycles. The molecule has 0 aliphatic heterocycles. The number of halogens is 1. The maximum absolute atomic E-state index is 14.1. The van der Waals surface area contributed by atoms with Gasteiger partial charge in [-0.1, -0.05) is 24.3 Å². The average molecular weight is 365 g/mol. The monoisotopic (exact) mass is 365 g/mol. The summed E-state index contributed by atoms with van der Waals surface area (Å²) in [6, 6.07) is 13.5. The fourth-order valence-electron chi connectivity index (χ4n) is 2.58. The van der Waals surface area contributed by atoms with Crippen LogP contribution in [-0.2, 0) is 0 Å². The van der Waals surface area contributed by atoms with Gasteiger partial charge in [0.1, 0.15) is 11.5 Å². The molecule has 3 rings (SSSR count). The van der Waals surface area contributed by atoms with Gasteiger partial charge in [-0.05, 0) is 38.1 Å². The Hall–Kier alpha value is -3.61. The van der Waals surface area contributed by atoms with Gasteiger partial charge in [0.05, 0.1) is 0 Å². The summed E-state index contributed by atoms with van der Waals surface area (Å²) in [7, 11) is 0. The summed E-state index contributed by atoms with van der Waals surface area (Å²) in [5, 5.41) is 6.59. The molecule has 2 aromatic carbocycles. The molecule has 3 aromatic rings.